The molecule has 4 aromatic carbocycles. The fraction of sp³-hybridized carbons (Fsp3) is 0.147. The third-order valence-electron chi connectivity index (χ3n) is 6.68. The average molecular weight is 708 g/mol. The summed E-state index contributed by atoms with van der Waals surface area (Å²) in [5.41, 5.74) is 3.27. The molecule has 0 saturated carbocycles. The molecule has 5 rings (SSSR count). The Kier molecular flexibility index (Phi) is 10.5. The summed E-state index contributed by atoms with van der Waals surface area (Å²) in [5.74, 6) is 0.543. The highest BCUT2D eigenvalue weighted by Crippen LogP contribution is 2.40. The van der Waals surface area contributed by atoms with Crippen LogP contribution < -0.4 is 14.2 Å². The highest BCUT2D eigenvalue weighted by molar-refractivity contribution is 9.10. The van der Waals surface area contributed by atoms with E-state index in [-0.39, 0.29) is 18.0 Å². The number of carbonyl (C=O) groups is 2. The standard InChI is InChI=1S/C34H28BrClN2O6S/c1-3-43-29-16-24(28(35)18-30(29)44-20-22-6-10-25(36)11-7-22)17-31-32(39)38(19-21-4-8-23(9-5-21)33(40)41)34(45-31)37-26-12-14-27(42-2)15-13-26/h4-18H,3,19-20H2,1-2H3,(H,40,41)/b31-17-,37-34?. The van der Waals surface area contributed by atoms with Crippen molar-refractivity contribution >= 4 is 68.1 Å². The lowest BCUT2D eigenvalue weighted by Gasteiger charge is -2.16. The Labute approximate surface area is 278 Å². The van der Waals surface area contributed by atoms with Crippen LogP contribution in [0.4, 0.5) is 5.69 Å². The second-order valence-electron chi connectivity index (χ2n) is 9.77. The van der Waals surface area contributed by atoms with Gasteiger partial charge in [0.15, 0.2) is 16.7 Å². The van der Waals surface area contributed by atoms with Crippen LogP contribution in [-0.4, -0.2) is 40.8 Å². The van der Waals surface area contributed by atoms with E-state index in [9.17, 15) is 14.7 Å². The zero-order valence-electron chi connectivity index (χ0n) is 24.3. The summed E-state index contributed by atoms with van der Waals surface area (Å²) >= 11 is 10.9. The molecular formula is C34H28BrClN2O6S. The van der Waals surface area contributed by atoms with Crippen LogP contribution in [0.15, 0.2) is 99.3 Å². The van der Waals surface area contributed by atoms with Gasteiger partial charge in [-0.3, -0.25) is 9.69 Å². The summed E-state index contributed by atoms with van der Waals surface area (Å²) in [5, 5.41) is 10.4. The molecule has 45 heavy (non-hydrogen) atoms. The van der Waals surface area contributed by atoms with Gasteiger partial charge in [-0.05, 0) is 102 Å². The van der Waals surface area contributed by atoms with Gasteiger partial charge in [-0.1, -0.05) is 51.8 Å². The third-order valence-corrected chi connectivity index (χ3v) is 8.63. The van der Waals surface area contributed by atoms with Crippen LogP contribution in [0, 0.1) is 0 Å². The molecule has 1 N–H and O–H groups in total. The van der Waals surface area contributed by atoms with Gasteiger partial charge in [0.25, 0.3) is 5.91 Å². The number of carboxylic acid groups (broad SMARTS) is 1. The second kappa shape index (κ2) is 14.7. The normalized spacial score (nSPS) is 14.7. The topological polar surface area (TPSA) is 97.7 Å². The number of carboxylic acids is 1. The minimum Gasteiger partial charge on any atom is -0.497 e. The number of hydrogen-bond acceptors (Lipinski definition) is 7. The van der Waals surface area contributed by atoms with Crippen molar-refractivity contribution in [3.63, 3.8) is 0 Å². The maximum Gasteiger partial charge on any atom is 0.335 e. The predicted molar refractivity (Wildman–Crippen MR) is 181 cm³/mol. The van der Waals surface area contributed by atoms with Gasteiger partial charge in [-0.25, -0.2) is 9.79 Å². The van der Waals surface area contributed by atoms with Crippen molar-refractivity contribution in [3.05, 3.63) is 122 Å². The maximum absolute atomic E-state index is 13.8. The van der Waals surface area contributed by atoms with Crippen LogP contribution in [0.5, 0.6) is 17.2 Å². The van der Waals surface area contributed by atoms with E-state index < -0.39 is 5.97 Å². The lowest BCUT2D eigenvalue weighted by atomic mass is 10.1. The number of aliphatic imine (C=N–C) groups is 1. The molecule has 1 amide bonds. The van der Waals surface area contributed by atoms with Crippen molar-refractivity contribution in [1.82, 2.24) is 4.90 Å². The van der Waals surface area contributed by atoms with E-state index in [2.05, 4.69) is 15.9 Å². The Bertz CT molecular complexity index is 1760. The Balaban J connectivity index is 1.45. The highest BCUT2D eigenvalue weighted by atomic mass is 79.9. The number of methoxy groups -OCH3 is 1. The van der Waals surface area contributed by atoms with E-state index >= 15 is 0 Å². The predicted octanol–water partition coefficient (Wildman–Crippen LogP) is 8.59. The Morgan fingerprint density at radius 3 is 2.29 bits per heavy atom. The lowest BCUT2D eigenvalue weighted by molar-refractivity contribution is -0.122. The summed E-state index contributed by atoms with van der Waals surface area (Å²) in [6, 6.07) is 24.7. The fourth-order valence-electron chi connectivity index (χ4n) is 4.36. The minimum absolute atomic E-state index is 0.170. The summed E-state index contributed by atoms with van der Waals surface area (Å²) in [4.78, 5) is 32.0. The second-order valence-corrected chi connectivity index (χ2v) is 12.1. The fourth-order valence-corrected chi connectivity index (χ4v) is 5.91. The summed E-state index contributed by atoms with van der Waals surface area (Å²) in [6.07, 6.45) is 1.79. The van der Waals surface area contributed by atoms with E-state index in [0.717, 1.165) is 16.7 Å². The molecule has 0 radical (unpaired) electrons. The summed E-state index contributed by atoms with van der Waals surface area (Å²) in [7, 11) is 1.59. The molecule has 11 heteroatoms. The first-order chi connectivity index (χ1) is 21.7. The van der Waals surface area contributed by atoms with Gasteiger partial charge in [0.2, 0.25) is 0 Å². The number of aromatic carboxylic acids is 1. The highest BCUT2D eigenvalue weighted by Gasteiger charge is 2.34. The quantitative estimate of drug-likeness (QED) is 0.156. The smallest absolute Gasteiger partial charge is 0.335 e. The maximum atomic E-state index is 13.8. The lowest BCUT2D eigenvalue weighted by Crippen LogP contribution is -2.28. The molecule has 0 unspecified atom stereocenters. The van der Waals surface area contributed by atoms with Gasteiger partial charge in [0.1, 0.15) is 12.4 Å². The minimum atomic E-state index is -1.01. The molecular weight excluding hydrogens is 680 g/mol. The molecule has 8 nitrogen and oxygen atoms in total. The van der Waals surface area contributed by atoms with Gasteiger partial charge in [0.05, 0.1) is 36.4 Å². The van der Waals surface area contributed by atoms with Crippen LogP contribution in [0.3, 0.4) is 0 Å². The van der Waals surface area contributed by atoms with Gasteiger partial charge in [0, 0.05) is 9.50 Å². The van der Waals surface area contributed by atoms with Gasteiger partial charge in [-0.15, -0.1) is 0 Å². The number of amidine groups is 1. The first-order valence-corrected chi connectivity index (χ1v) is 15.8. The van der Waals surface area contributed by atoms with Crippen molar-refractivity contribution in [2.75, 3.05) is 13.7 Å². The first-order valence-electron chi connectivity index (χ1n) is 13.8. The van der Waals surface area contributed by atoms with Crippen LogP contribution in [-0.2, 0) is 17.9 Å². The number of halogens is 2. The van der Waals surface area contributed by atoms with E-state index in [1.165, 1.54) is 23.9 Å². The number of rotatable bonds is 11. The number of thioether (sulfide) groups is 1. The van der Waals surface area contributed by atoms with E-state index in [1.54, 1.807) is 42.4 Å². The molecule has 230 valence electrons. The van der Waals surface area contributed by atoms with Gasteiger partial charge >= 0.3 is 5.97 Å². The summed E-state index contributed by atoms with van der Waals surface area (Å²) in [6.45, 7) is 2.85. The molecule has 0 atom stereocenters. The molecule has 1 fully saturated rings. The van der Waals surface area contributed by atoms with Crippen molar-refractivity contribution < 1.29 is 28.9 Å². The van der Waals surface area contributed by atoms with Crippen LogP contribution >= 0.6 is 39.3 Å². The van der Waals surface area contributed by atoms with Crippen molar-refractivity contribution in [2.45, 2.75) is 20.1 Å². The van der Waals surface area contributed by atoms with Crippen molar-refractivity contribution in [3.8, 4) is 17.2 Å². The molecule has 0 bridgehead atoms. The average Bonchev–Trinajstić information content (AvgIpc) is 3.32. The molecule has 1 aliphatic heterocycles. The largest absolute Gasteiger partial charge is 0.497 e. The molecule has 1 heterocycles. The van der Waals surface area contributed by atoms with Gasteiger partial charge < -0.3 is 19.3 Å². The molecule has 1 aliphatic rings. The summed E-state index contributed by atoms with van der Waals surface area (Å²) < 4.78 is 18.0. The van der Waals surface area contributed by atoms with Gasteiger partial charge in [-0.2, -0.15) is 0 Å². The monoisotopic (exact) mass is 706 g/mol. The SMILES string of the molecule is CCOc1cc(/C=C2\SC(=Nc3ccc(OC)cc3)N(Cc3ccc(C(=O)O)cc3)C2=O)c(Br)cc1OCc1ccc(Cl)cc1. The molecule has 0 spiro atoms. The number of carbonyl (C=O) groups excluding carboxylic acids is 1. The first kappa shape index (κ1) is 32.2. The molecule has 0 aliphatic carbocycles. The number of benzene rings is 4. The molecule has 1 saturated heterocycles. The molecule has 0 aromatic heterocycles. The number of nitrogens with zero attached hydrogens (tertiary/aromatic N) is 2. The van der Waals surface area contributed by atoms with E-state index in [1.807, 2.05) is 55.5 Å². The number of ether oxygens (including phenoxy) is 3. The number of amides is 1. The van der Waals surface area contributed by atoms with E-state index in [4.69, 9.17) is 30.8 Å². The zero-order chi connectivity index (χ0) is 31.9. The van der Waals surface area contributed by atoms with Crippen LogP contribution in [0.2, 0.25) is 5.02 Å². The molecule has 4 aromatic rings. The van der Waals surface area contributed by atoms with Crippen molar-refractivity contribution in [1.29, 1.82) is 0 Å². The van der Waals surface area contributed by atoms with Crippen LogP contribution in [0.25, 0.3) is 6.08 Å². The zero-order valence-corrected chi connectivity index (χ0v) is 27.5. The van der Waals surface area contributed by atoms with Crippen molar-refractivity contribution in [2.24, 2.45) is 4.99 Å². The number of hydrogen-bond donors (Lipinski definition) is 1. The Hall–Kier alpha value is -4.25. The van der Waals surface area contributed by atoms with E-state index in [0.29, 0.717) is 55.7 Å². The third kappa shape index (κ3) is 8.08. The Morgan fingerprint density at radius 2 is 1.64 bits per heavy atom. The Morgan fingerprint density at radius 1 is 0.978 bits per heavy atom. The van der Waals surface area contributed by atoms with Crippen LogP contribution in [0.1, 0.15) is 34.0 Å².